The second-order valence-electron chi connectivity index (χ2n) is 26.7. The minimum absolute atomic E-state index is 0.0245. The molecule has 0 spiro atoms. The molecule has 18 atom stereocenters. The van der Waals surface area contributed by atoms with Crippen LogP contribution in [-0.2, 0) is 61.2 Å². The number of aliphatic hydroxyl groups is 10. The van der Waals surface area contributed by atoms with Crippen molar-refractivity contribution >= 4 is 25.7 Å². The lowest BCUT2D eigenvalue weighted by atomic mass is 9.84. The van der Waals surface area contributed by atoms with Crippen LogP contribution in [0.25, 0.3) is 0 Å². The summed E-state index contributed by atoms with van der Waals surface area (Å²) >= 11 is 0. The Bertz CT molecular complexity index is 2090. The maximum Gasteiger partial charge on any atom is 0.472 e. The van der Waals surface area contributed by atoms with Crippen LogP contribution in [0.4, 0.5) is 0 Å². The molecule has 562 valence electrons. The molecule has 18 unspecified atom stereocenters. The Kier molecular flexibility index (Phi) is 48.7. The molecule has 1 aliphatic carbocycles. The van der Waals surface area contributed by atoms with E-state index in [1.807, 2.05) is 0 Å². The van der Waals surface area contributed by atoms with Gasteiger partial charge in [-0.1, -0.05) is 212 Å². The molecule has 24 nitrogen and oxygen atoms in total. The minimum atomic E-state index is -5.70. The maximum atomic E-state index is 14.3. The molecule has 2 aliphatic heterocycles. The quantitative estimate of drug-likeness (QED) is 0.00886. The first kappa shape index (κ1) is 87.7. The summed E-state index contributed by atoms with van der Waals surface area (Å²) in [6.07, 6.45) is 12.5. The number of carbonyl (C=O) groups is 3. The molecule has 2 saturated heterocycles. The van der Waals surface area contributed by atoms with Crippen molar-refractivity contribution in [3.63, 3.8) is 0 Å². The van der Waals surface area contributed by atoms with Gasteiger partial charge < -0.3 is 89.1 Å². The van der Waals surface area contributed by atoms with Crippen molar-refractivity contribution < 1.29 is 117 Å². The van der Waals surface area contributed by atoms with Gasteiger partial charge in [0.15, 0.2) is 18.7 Å². The SMILES string of the molecule is CCCCCC/C=C\CCCCCCCCCC(=O)OC(COC(=O)CCCCC/C=C\CCCCCCCC)COP(=O)(O)OC1C(OC2OC(CO)C(O)C(O)C2O)C(O)C(O)C(O)C1OC1OC(COC(=O)CCCCCCCCCCCCCCC)C(O)C(O)C1O. The fourth-order valence-corrected chi connectivity index (χ4v) is 13.1. The number of phosphoric acid groups is 1. The largest absolute Gasteiger partial charge is 0.472 e. The molecule has 3 rings (SSSR count). The van der Waals surface area contributed by atoms with Crippen molar-refractivity contribution in [2.24, 2.45) is 0 Å². The van der Waals surface area contributed by atoms with Crippen LogP contribution in [-0.4, -0.2) is 204 Å². The molecule has 0 radical (unpaired) electrons. The molecule has 2 heterocycles. The van der Waals surface area contributed by atoms with Crippen molar-refractivity contribution in [1.29, 1.82) is 0 Å². The van der Waals surface area contributed by atoms with Crippen LogP contribution in [0.1, 0.15) is 278 Å². The normalized spacial score (nSPS) is 28.1. The lowest BCUT2D eigenvalue weighted by Gasteiger charge is -2.49. The van der Waals surface area contributed by atoms with Gasteiger partial charge in [-0.2, -0.15) is 0 Å². The van der Waals surface area contributed by atoms with Gasteiger partial charge >= 0.3 is 25.7 Å². The first-order valence-electron chi connectivity index (χ1n) is 37.1. The van der Waals surface area contributed by atoms with Crippen molar-refractivity contribution in [2.75, 3.05) is 26.4 Å². The van der Waals surface area contributed by atoms with Gasteiger partial charge in [0, 0.05) is 19.3 Å². The number of aliphatic hydroxyl groups excluding tert-OH is 10. The molecule has 1 saturated carbocycles. The number of hydrogen-bond acceptors (Lipinski definition) is 23. The first-order chi connectivity index (χ1) is 46.3. The predicted octanol–water partition coefficient (Wildman–Crippen LogP) is 9.74. The van der Waals surface area contributed by atoms with E-state index in [0.29, 0.717) is 19.3 Å². The third kappa shape index (κ3) is 36.4. The van der Waals surface area contributed by atoms with Gasteiger partial charge in [0.05, 0.1) is 13.2 Å². The van der Waals surface area contributed by atoms with Gasteiger partial charge in [0.25, 0.3) is 0 Å². The van der Waals surface area contributed by atoms with Crippen molar-refractivity contribution in [1.82, 2.24) is 0 Å². The van der Waals surface area contributed by atoms with E-state index in [-0.39, 0.29) is 19.3 Å². The van der Waals surface area contributed by atoms with Crippen LogP contribution in [0.2, 0.25) is 0 Å². The summed E-state index contributed by atoms with van der Waals surface area (Å²) in [5, 5.41) is 110. The lowest BCUT2D eigenvalue weighted by Crippen LogP contribution is -2.69. The second-order valence-corrected chi connectivity index (χ2v) is 28.1. The second kappa shape index (κ2) is 53.3. The number of phosphoric ester groups is 1. The molecule has 0 aromatic heterocycles. The summed E-state index contributed by atoms with van der Waals surface area (Å²) in [5.74, 6) is -2.01. The third-order valence-electron chi connectivity index (χ3n) is 18.2. The van der Waals surface area contributed by atoms with E-state index in [9.17, 15) is 74.9 Å². The van der Waals surface area contributed by atoms with Gasteiger partial charge in [0.1, 0.15) is 98.7 Å². The summed E-state index contributed by atoms with van der Waals surface area (Å²) in [5.41, 5.74) is 0. The zero-order valence-electron chi connectivity index (χ0n) is 58.4. The molecular weight excluding hydrogens is 1270 g/mol. The predicted molar refractivity (Wildman–Crippen MR) is 361 cm³/mol. The topological polar surface area (TPSA) is 374 Å². The number of allylic oxidation sites excluding steroid dienone is 4. The number of carbonyl (C=O) groups excluding carboxylic acids is 3. The molecule has 96 heavy (non-hydrogen) atoms. The van der Waals surface area contributed by atoms with Crippen LogP contribution in [0.3, 0.4) is 0 Å². The van der Waals surface area contributed by atoms with Gasteiger partial charge in [0.2, 0.25) is 0 Å². The van der Waals surface area contributed by atoms with Gasteiger partial charge in [-0.05, 0) is 70.6 Å². The van der Waals surface area contributed by atoms with E-state index in [4.69, 9.17) is 42.2 Å². The molecule has 0 amide bonds. The Morgan fingerprint density at radius 2 is 0.729 bits per heavy atom. The fourth-order valence-electron chi connectivity index (χ4n) is 12.1. The number of esters is 3. The van der Waals surface area contributed by atoms with Crippen LogP contribution < -0.4 is 0 Å². The smallest absolute Gasteiger partial charge is 0.463 e. The number of unbranched alkanes of at least 4 members (excludes halogenated alkanes) is 32. The zero-order chi connectivity index (χ0) is 70.4. The Morgan fingerprint density at radius 1 is 0.396 bits per heavy atom. The van der Waals surface area contributed by atoms with E-state index in [2.05, 4.69) is 45.1 Å². The maximum absolute atomic E-state index is 14.3. The van der Waals surface area contributed by atoms with Crippen molar-refractivity contribution in [3.05, 3.63) is 24.3 Å². The first-order valence-corrected chi connectivity index (χ1v) is 38.6. The highest BCUT2D eigenvalue weighted by Gasteiger charge is 2.58. The standard InChI is InChI=1S/C71H129O24P/c1-4-7-10-13-16-19-22-25-26-29-32-35-38-41-44-47-57(75)90-52(49-87-55(73)45-42-39-36-33-30-27-23-20-17-14-11-8-5-2)50-89-96(85,86)95-69-67(93-70-65(83)60(78)58(76)53(48-72)91-70)63(81)62(80)64(82)68(69)94-71-66(84)61(79)59(77)54(92-71)51-88-56(74)46-43-40-37-34-31-28-24-21-18-15-12-9-6-3/h19,22,27,30,52-54,58-72,76-84H,4-18,20-21,23-26,28-29,31-51H2,1-3H3,(H,85,86)/b22-19-,30-27-. The van der Waals surface area contributed by atoms with Gasteiger partial charge in [-0.15, -0.1) is 0 Å². The number of rotatable bonds is 57. The third-order valence-corrected chi connectivity index (χ3v) is 19.2. The summed E-state index contributed by atoms with van der Waals surface area (Å²) in [6, 6.07) is 0. The fraction of sp³-hybridized carbons (Fsp3) is 0.901. The summed E-state index contributed by atoms with van der Waals surface area (Å²) in [7, 11) is -5.70. The molecule has 0 bridgehead atoms. The van der Waals surface area contributed by atoms with Crippen LogP contribution >= 0.6 is 7.82 Å². The molecule has 3 aliphatic rings. The summed E-state index contributed by atoms with van der Waals surface area (Å²) in [6.45, 7) is 3.40. The van der Waals surface area contributed by atoms with E-state index < -0.39 is 156 Å². The molecule has 0 aromatic rings. The number of ether oxygens (including phenoxy) is 7. The van der Waals surface area contributed by atoms with Crippen LogP contribution in [0, 0.1) is 0 Å². The number of hydrogen-bond donors (Lipinski definition) is 11. The Labute approximate surface area is 573 Å². The summed E-state index contributed by atoms with van der Waals surface area (Å²) in [4.78, 5) is 50.9. The van der Waals surface area contributed by atoms with E-state index in [0.717, 1.165) is 116 Å². The summed E-state index contributed by atoms with van der Waals surface area (Å²) < 4.78 is 64.9. The average Bonchev–Trinajstić information content (AvgIpc) is 0.769. The Morgan fingerprint density at radius 3 is 1.15 bits per heavy atom. The lowest BCUT2D eigenvalue weighted by molar-refractivity contribution is -0.360. The highest BCUT2D eigenvalue weighted by Crippen LogP contribution is 2.49. The Balaban J connectivity index is 1.75. The van der Waals surface area contributed by atoms with Crippen LogP contribution in [0.15, 0.2) is 24.3 Å². The highest BCUT2D eigenvalue weighted by molar-refractivity contribution is 7.47. The van der Waals surface area contributed by atoms with Gasteiger partial charge in [-0.25, -0.2) is 4.57 Å². The van der Waals surface area contributed by atoms with E-state index >= 15 is 0 Å². The average molecular weight is 1400 g/mol. The van der Waals surface area contributed by atoms with Gasteiger partial charge in [-0.3, -0.25) is 23.4 Å². The molecule has 11 N–H and O–H groups in total. The molecule has 3 fully saturated rings. The molecule has 25 heteroatoms. The Hall–Kier alpha value is -2.56. The molecule has 0 aromatic carbocycles. The minimum Gasteiger partial charge on any atom is -0.463 e. The van der Waals surface area contributed by atoms with Crippen molar-refractivity contribution in [3.8, 4) is 0 Å². The zero-order valence-corrected chi connectivity index (χ0v) is 59.3. The molecular formula is C71H129O24P. The monoisotopic (exact) mass is 1400 g/mol. The van der Waals surface area contributed by atoms with Crippen LogP contribution in [0.5, 0.6) is 0 Å². The highest BCUT2D eigenvalue weighted by atomic mass is 31.2. The van der Waals surface area contributed by atoms with E-state index in [1.165, 1.54) is 103 Å². The van der Waals surface area contributed by atoms with E-state index in [1.54, 1.807) is 0 Å². The van der Waals surface area contributed by atoms with Crippen molar-refractivity contribution in [2.45, 2.75) is 382 Å².